The Kier molecular flexibility index (Phi) is 6.01. The van der Waals surface area contributed by atoms with Crippen LogP contribution in [0.15, 0.2) is 12.1 Å². The van der Waals surface area contributed by atoms with Crippen LogP contribution in [-0.2, 0) is 0 Å². The lowest BCUT2D eigenvalue weighted by atomic mass is 10.2. The average molecular weight is 290 g/mol. The van der Waals surface area contributed by atoms with Crippen LogP contribution < -0.4 is 5.32 Å². The smallest absolute Gasteiger partial charge is 0.327 e. The molecule has 1 rings (SSSR count). The third-order valence-corrected chi connectivity index (χ3v) is 3.44. The molecule has 0 radical (unpaired) electrons. The summed E-state index contributed by atoms with van der Waals surface area (Å²) in [6.07, 6.45) is 0.758. The van der Waals surface area contributed by atoms with Crippen molar-refractivity contribution in [2.45, 2.75) is 26.3 Å². The molecule has 1 atom stereocenters. The third kappa shape index (κ3) is 4.66. The van der Waals surface area contributed by atoms with Gasteiger partial charge in [0.25, 0.3) is 0 Å². The standard InChI is InChI=1S/C12H16F2N2O2S/c1-3-19-5-4-8(2)15-11-7-9(13)6-10(14)12(11)16(17)18/h6-8,15H,3-5H2,1-2H3. The van der Waals surface area contributed by atoms with Crippen LogP contribution in [0.1, 0.15) is 20.3 Å². The molecular formula is C12H16F2N2O2S. The molecule has 0 spiro atoms. The van der Waals surface area contributed by atoms with Crippen LogP contribution in [0.2, 0.25) is 0 Å². The fourth-order valence-corrected chi connectivity index (χ4v) is 2.41. The zero-order valence-electron chi connectivity index (χ0n) is 10.8. The van der Waals surface area contributed by atoms with Crippen molar-refractivity contribution in [3.63, 3.8) is 0 Å². The van der Waals surface area contributed by atoms with Crippen LogP contribution in [0.3, 0.4) is 0 Å². The largest absolute Gasteiger partial charge is 0.377 e. The van der Waals surface area contributed by atoms with Crippen LogP contribution in [0.25, 0.3) is 0 Å². The van der Waals surface area contributed by atoms with E-state index in [0.29, 0.717) is 6.07 Å². The first-order valence-electron chi connectivity index (χ1n) is 5.93. The number of thioether (sulfide) groups is 1. The van der Waals surface area contributed by atoms with Crippen molar-refractivity contribution >= 4 is 23.1 Å². The Morgan fingerprint density at radius 1 is 1.47 bits per heavy atom. The molecule has 7 heteroatoms. The van der Waals surface area contributed by atoms with E-state index in [1.165, 1.54) is 0 Å². The predicted octanol–water partition coefficient (Wildman–Crippen LogP) is 3.82. The van der Waals surface area contributed by atoms with E-state index in [-0.39, 0.29) is 11.7 Å². The second-order valence-electron chi connectivity index (χ2n) is 4.07. The fourth-order valence-electron chi connectivity index (χ4n) is 1.60. The summed E-state index contributed by atoms with van der Waals surface area (Å²) in [5.74, 6) is -0.124. The van der Waals surface area contributed by atoms with Crippen LogP contribution in [0.5, 0.6) is 0 Å². The van der Waals surface area contributed by atoms with E-state index in [2.05, 4.69) is 5.32 Å². The van der Waals surface area contributed by atoms with Gasteiger partial charge in [-0.3, -0.25) is 10.1 Å². The number of nitro benzene ring substituents is 1. The Morgan fingerprint density at radius 3 is 2.74 bits per heavy atom. The number of hydrogen-bond donors (Lipinski definition) is 1. The second-order valence-corrected chi connectivity index (χ2v) is 5.47. The zero-order valence-corrected chi connectivity index (χ0v) is 11.6. The monoisotopic (exact) mass is 290 g/mol. The summed E-state index contributed by atoms with van der Waals surface area (Å²) in [5.41, 5.74) is -0.826. The second kappa shape index (κ2) is 7.28. The Bertz CT molecular complexity index is 458. The number of benzene rings is 1. The highest BCUT2D eigenvalue weighted by Gasteiger charge is 2.22. The molecule has 1 aromatic carbocycles. The first kappa shape index (κ1) is 15.7. The molecule has 0 aliphatic rings. The van der Waals surface area contributed by atoms with Crippen molar-refractivity contribution < 1.29 is 13.7 Å². The predicted molar refractivity (Wildman–Crippen MR) is 73.7 cm³/mol. The highest BCUT2D eigenvalue weighted by Crippen LogP contribution is 2.29. The third-order valence-electron chi connectivity index (χ3n) is 2.51. The van der Waals surface area contributed by atoms with E-state index in [9.17, 15) is 18.9 Å². The van der Waals surface area contributed by atoms with Gasteiger partial charge < -0.3 is 5.32 Å². The number of nitro groups is 1. The van der Waals surface area contributed by atoms with Gasteiger partial charge in [-0.25, -0.2) is 4.39 Å². The lowest BCUT2D eigenvalue weighted by molar-refractivity contribution is -0.386. The quantitative estimate of drug-likeness (QED) is 0.471. The van der Waals surface area contributed by atoms with Gasteiger partial charge in [-0.2, -0.15) is 16.2 Å². The van der Waals surface area contributed by atoms with Crippen molar-refractivity contribution in [1.29, 1.82) is 0 Å². The molecule has 0 bridgehead atoms. The lowest BCUT2D eigenvalue weighted by Gasteiger charge is -2.15. The summed E-state index contributed by atoms with van der Waals surface area (Å²) in [6, 6.07) is 1.37. The van der Waals surface area contributed by atoms with Crippen molar-refractivity contribution in [2.24, 2.45) is 0 Å². The number of nitrogens with one attached hydrogen (secondary N) is 1. The van der Waals surface area contributed by atoms with Crippen LogP contribution in [-0.4, -0.2) is 22.5 Å². The summed E-state index contributed by atoms with van der Waals surface area (Å²) in [5, 5.41) is 13.6. The van der Waals surface area contributed by atoms with Gasteiger partial charge in [0.15, 0.2) is 0 Å². The maximum Gasteiger partial charge on any atom is 0.327 e. The highest BCUT2D eigenvalue weighted by molar-refractivity contribution is 7.99. The molecule has 1 unspecified atom stereocenters. The molecule has 0 saturated carbocycles. The molecule has 0 aromatic heterocycles. The summed E-state index contributed by atoms with van der Waals surface area (Å²) in [7, 11) is 0. The van der Waals surface area contributed by atoms with Crippen LogP contribution >= 0.6 is 11.8 Å². The molecule has 1 aromatic rings. The minimum absolute atomic E-state index is 0.0982. The summed E-state index contributed by atoms with van der Waals surface area (Å²) in [4.78, 5) is 9.95. The van der Waals surface area contributed by atoms with Crippen LogP contribution in [0, 0.1) is 21.7 Å². The van der Waals surface area contributed by atoms with Crippen molar-refractivity contribution in [3.05, 3.63) is 33.9 Å². The van der Waals surface area contributed by atoms with E-state index in [1.807, 2.05) is 13.8 Å². The maximum absolute atomic E-state index is 13.4. The lowest BCUT2D eigenvalue weighted by Crippen LogP contribution is -2.17. The van der Waals surface area contributed by atoms with Crippen molar-refractivity contribution in [2.75, 3.05) is 16.8 Å². The Morgan fingerprint density at radius 2 is 2.16 bits per heavy atom. The van der Waals surface area contributed by atoms with E-state index in [1.54, 1.807) is 11.8 Å². The number of rotatable bonds is 7. The number of hydrogen-bond acceptors (Lipinski definition) is 4. The molecule has 0 fully saturated rings. The van der Waals surface area contributed by atoms with Crippen molar-refractivity contribution in [3.8, 4) is 0 Å². The van der Waals surface area contributed by atoms with Gasteiger partial charge in [0, 0.05) is 18.2 Å². The minimum Gasteiger partial charge on any atom is -0.377 e. The highest BCUT2D eigenvalue weighted by atomic mass is 32.2. The topological polar surface area (TPSA) is 55.2 Å². The van der Waals surface area contributed by atoms with E-state index in [4.69, 9.17) is 0 Å². The normalized spacial score (nSPS) is 12.2. The Balaban J connectivity index is 2.84. The number of halogens is 2. The molecule has 0 amide bonds. The molecule has 4 nitrogen and oxygen atoms in total. The minimum atomic E-state index is -1.16. The molecule has 19 heavy (non-hydrogen) atoms. The molecular weight excluding hydrogens is 274 g/mol. The molecule has 106 valence electrons. The average Bonchev–Trinajstić information content (AvgIpc) is 2.27. The van der Waals surface area contributed by atoms with Gasteiger partial charge in [-0.15, -0.1) is 0 Å². The molecule has 0 aliphatic carbocycles. The van der Waals surface area contributed by atoms with E-state index >= 15 is 0 Å². The van der Waals surface area contributed by atoms with Gasteiger partial charge in [-0.1, -0.05) is 6.92 Å². The molecule has 0 heterocycles. The number of nitrogens with zero attached hydrogens (tertiary/aromatic N) is 1. The number of anilines is 1. The zero-order chi connectivity index (χ0) is 14.4. The Hall–Kier alpha value is -1.37. The first-order chi connectivity index (χ1) is 8.95. The maximum atomic E-state index is 13.4. The summed E-state index contributed by atoms with van der Waals surface area (Å²) >= 11 is 1.74. The van der Waals surface area contributed by atoms with Gasteiger partial charge in [0.05, 0.1) is 4.92 Å². The molecule has 0 saturated heterocycles. The Labute approximate surface area is 114 Å². The SMILES string of the molecule is CCSCCC(C)Nc1cc(F)cc(F)c1[N+](=O)[O-]. The summed E-state index contributed by atoms with van der Waals surface area (Å²) in [6.45, 7) is 3.86. The molecule has 1 N–H and O–H groups in total. The first-order valence-corrected chi connectivity index (χ1v) is 7.08. The molecule has 0 aliphatic heterocycles. The van der Waals surface area contributed by atoms with E-state index < -0.39 is 22.2 Å². The van der Waals surface area contributed by atoms with Gasteiger partial charge in [0.1, 0.15) is 11.5 Å². The van der Waals surface area contributed by atoms with Gasteiger partial charge in [-0.05, 0) is 24.9 Å². The van der Waals surface area contributed by atoms with Crippen molar-refractivity contribution in [1.82, 2.24) is 0 Å². The van der Waals surface area contributed by atoms with E-state index in [0.717, 1.165) is 24.0 Å². The fraction of sp³-hybridized carbons (Fsp3) is 0.500. The van der Waals surface area contributed by atoms with Gasteiger partial charge in [0.2, 0.25) is 5.82 Å². The summed E-state index contributed by atoms with van der Waals surface area (Å²) < 4.78 is 26.5. The van der Waals surface area contributed by atoms with Crippen LogP contribution in [0.4, 0.5) is 20.2 Å². The van der Waals surface area contributed by atoms with Gasteiger partial charge >= 0.3 is 5.69 Å².